The van der Waals surface area contributed by atoms with Crippen molar-refractivity contribution in [1.29, 1.82) is 0 Å². The molecular weight excluding hydrogens is 500 g/mol. The van der Waals surface area contributed by atoms with Crippen molar-refractivity contribution >= 4 is 20.2 Å². The molecule has 4 rings (SSSR count). The van der Waals surface area contributed by atoms with Crippen LogP contribution in [0.2, 0.25) is 0 Å². The summed E-state index contributed by atoms with van der Waals surface area (Å²) >= 11 is 0. The van der Waals surface area contributed by atoms with Crippen LogP contribution in [-0.2, 0) is 20.2 Å². The highest BCUT2D eigenvalue weighted by Crippen LogP contribution is 2.09. The van der Waals surface area contributed by atoms with E-state index in [1.807, 2.05) is 76.5 Å². The summed E-state index contributed by atoms with van der Waals surface area (Å²) in [7, 11) is -8.54. The molecule has 8 nitrogen and oxygen atoms in total. The summed E-state index contributed by atoms with van der Waals surface area (Å²) in [5, 5.41) is 0. The Hall–Kier alpha value is -3.44. The molecule has 0 aliphatic heterocycles. The number of hydrogen-bond acceptors (Lipinski definition) is 6. The molecule has 2 aromatic heterocycles. The van der Waals surface area contributed by atoms with E-state index in [0.29, 0.717) is 0 Å². The van der Waals surface area contributed by atoms with Crippen LogP contribution in [0.1, 0.15) is 22.5 Å². The molecule has 0 unspecified atom stereocenters. The van der Waals surface area contributed by atoms with Crippen LogP contribution in [0, 0.1) is 27.7 Å². The number of H-pyrrole nitrogens is 2. The highest BCUT2D eigenvalue weighted by Gasteiger charge is 1.98. The molecule has 0 fully saturated rings. The molecule has 2 N–H and O–H groups in total. The molecule has 192 valence electrons. The van der Waals surface area contributed by atoms with Gasteiger partial charge in [0.2, 0.25) is 0 Å². The van der Waals surface area contributed by atoms with Crippen molar-refractivity contribution in [2.24, 2.45) is 0 Å². The monoisotopic (exact) mass is 530 g/mol. The summed E-state index contributed by atoms with van der Waals surface area (Å²) in [4.78, 5) is 5.71. The van der Waals surface area contributed by atoms with E-state index < -0.39 is 20.2 Å². The van der Waals surface area contributed by atoms with E-state index in [4.69, 9.17) is 0 Å². The molecular formula is C26H30N2O6S2. The molecule has 0 atom stereocenters. The fourth-order valence-electron chi connectivity index (χ4n) is 2.38. The SMILES string of the molecule is Cc1ccc(S(=O)(=O)[O-])cc1.Cc1ccc(S(=O)(=O)[O-])cc1.Cc1cccc[nH+]1.Cc1cccc[nH+]1. The van der Waals surface area contributed by atoms with Gasteiger partial charge in [-0.3, -0.25) is 0 Å². The van der Waals surface area contributed by atoms with Crippen molar-refractivity contribution in [2.75, 3.05) is 0 Å². The Kier molecular flexibility index (Phi) is 12.6. The first-order valence-electron chi connectivity index (χ1n) is 10.7. The van der Waals surface area contributed by atoms with Gasteiger partial charge in [-0.15, -0.1) is 0 Å². The first kappa shape index (κ1) is 30.6. The Morgan fingerprint density at radius 3 is 0.972 bits per heavy atom. The summed E-state index contributed by atoms with van der Waals surface area (Å²) in [6, 6.07) is 23.6. The van der Waals surface area contributed by atoms with Crippen LogP contribution in [0.15, 0.2) is 107 Å². The molecule has 0 spiro atoms. The molecule has 10 heteroatoms. The zero-order valence-corrected chi connectivity index (χ0v) is 22.1. The highest BCUT2D eigenvalue weighted by molar-refractivity contribution is 7.86. The maximum Gasteiger partial charge on any atom is 0.176 e. The summed E-state index contributed by atoms with van der Waals surface area (Å²) in [5.41, 5.74) is 4.25. The summed E-state index contributed by atoms with van der Waals surface area (Å²) < 4.78 is 62.3. The number of pyridine rings is 2. The Bertz CT molecular complexity index is 1270. The average Bonchev–Trinajstić information content (AvgIpc) is 2.81. The largest absolute Gasteiger partial charge is 0.744 e. The van der Waals surface area contributed by atoms with Gasteiger partial charge in [0.25, 0.3) is 0 Å². The van der Waals surface area contributed by atoms with Gasteiger partial charge in [0.15, 0.2) is 23.8 Å². The first-order valence-corrected chi connectivity index (χ1v) is 13.5. The lowest BCUT2D eigenvalue weighted by Gasteiger charge is -2.05. The smallest absolute Gasteiger partial charge is 0.176 e. The lowest BCUT2D eigenvalue weighted by molar-refractivity contribution is -0.387. The minimum atomic E-state index is -4.27. The minimum absolute atomic E-state index is 0.178. The molecule has 0 saturated carbocycles. The van der Waals surface area contributed by atoms with Gasteiger partial charge >= 0.3 is 0 Å². The van der Waals surface area contributed by atoms with Crippen LogP contribution >= 0.6 is 0 Å². The lowest BCUT2D eigenvalue weighted by atomic mass is 10.2. The fourth-order valence-corrected chi connectivity index (χ4v) is 3.31. The van der Waals surface area contributed by atoms with E-state index >= 15 is 0 Å². The van der Waals surface area contributed by atoms with Gasteiger partial charge in [-0.1, -0.05) is 47.5 Å². The van der Waals surface area contributed by atoms with E-state index in [1.54, 1.807) is 24.3 Å². The number of benzene rings is 2. The second-order valence-corrected chi connectivity index (χ2v) is 10.4. The second kappa shape index (κ2) is 14.8. The molecule has 4 aromatic rings. The summed E-state index contributed by atoms with van der Waals surface area (Å²) in [6.45, 7) is 7.70. The van der Waals surface area contributed by atoms with Gasteiger partial charge in [-0.05, 0) is 38.1 Å². The highest BCUT2D eigenvalue weighted by atomic mass is 32.2. The molecule has 0 amide bonds. The van der Waals surface area contributed by atoms with Crippen LogP contribution < -0.4 is 9.97 Å². The normalized spacial score (nSPS) is 10.4. The molecule has 0 bridgehead atoms. The molecule has 0 aliphatic rings. The van der Waals surface area contributed by atoms with Crippen LogP contribution in [0.3, 0.4) is 0 Å². The molecule has 36 heavy (non-hydrogen) atoms. The van der Waals surface area contributed by atoms with Gasteiger partial charge in [0, 0.05) is 38.1 Å². The summed E-state index contributed by atoms with van der Waals surface area (Å²) in [5.74, 6) is 0. The number of hydrogen-bond donors (Lipinski definition) is 0. The molecule has 0 aliphatic carbocycles. The van der Waals surface area contributed by atoms with Crippen molar-refractivity contribution in [1.82, 2.24) is 0 Å². The van der Waals surface area contributed by atoms with Gasteiger partial charge in [-0.25, -0.2) is 26.8 Å². The van der Waals surface area contributed by atoms with E-state index in [-0.39, 0.29) is 9.79 Å². The Morgan fingerprint density at radius 2 is 0.806 bits per heavy atom. The Balaban J connectivity index is 0.000000245. The maximum atomic E-state index is 10.4. The third-order valence-electron chi connectivity index (χ3n) is 4.35. The standard InChI is InChI=1S/2C7H8O3S.2C6H7N/c2*1-6-2-4-7(5-3-6)11(8,9)10;2*1-6-4-2-3-5-7-6/h2*2-5H,1H3,(H,8,9,10);2*2-5H,1H3. The van der Waals surface area contributed by atoms with Crippen LogP contribution in [0.4, 0.5) is 0 Å². The predicted molar refractivity (Wildman–Crippen MR) is 134 cm³/mol. The number of rotatable bonds is 2. The van der Waals surface area contributed by atoms with Gasteiger partial charge < -0.3 is 9.11 Å². The zero-order chi connectivity index (χ0) is 27.2. The van der Waals surface area contributed by atoms with Crippen molar-refractivity contribution in [3.63, 3.8) is 0 Å². The zero-order valence-electron chi connectivity index (χ0n) is 20.5. The fraction of sp³-hybridized carbons (Fsp3) is 0.154. The molecule has 0 saturated heterocycles. The van der Waals surface area contributed by atoms with E-state index in [1.165, 1.54) is 35.7 Å². The van der Waals surface area contributed by atoms with Crippen molar-refractivity contribution in [3.8, 4) is 0 Å². The van der Waals surface area contributed by atoms with Gasteiger partial charge in [-0.2, -0.15) is 0 Å². The van der Waals surface area contributed by atoms with Crippen LogP contribution in [0.5, 0.6) is 0 Å². The van der Waals surface area contributed by atoms with Gasteiger partial charge in [0.05, 0.1) is 9.79 Å². The number of aromatic nitrogens is 2. The Labute approximate surface area is 213 Å². The quantitative estimate of drug-likeness (QED) is 0.363. The first-order chi connectivity index (χ1) is 16.8. The average molecular weight is 531 g/mol. The number of aryl methyl sites for hydroxylation is 4. The predicted octanol–water partition coefficient (Wildman–Crippen LogP) is 3.42. The Morgan fingerprint density at radius 1 is 0.500 bits per heavy atom. The minimum Gasteiger partial charge on any atom is -0.744 e. The number of aromatic amines is 2. The van der Waals surface area contributed by atoms with Crippen molar-refractivity contribution in [2.45, 2.75) is 37.5 Å². The number of nitrogens with one attached hydrogen (secondary N) is 2. The maximum absolute atomic E-state index is 10.4. The van der Waals surface area contributed by atoms with Crippen molar-refractivity contribution in [3.05, 3.63) is 120 Å². The summed E-state index contributed by atoms with van der Waals surface area (Å²) in [6.07, 6.45) is 3.82. The van der Waals surface area contributed by atoms with E-state index in [0.717, 1.165) is 11.1 Å². The van der Waals surface area contributed by atoms with E-state index in [2.05, 4.69) is 9.97 Å². The molecule has 2 heterocycles. The lowest BCUT2D eigenvalue weighted by Crippen LogP contribution is -2.02. The van der Waals surface area contributed by atoms with Gasteiger partial charge in [0.1, 0.15) is 20.2 Å². The third kappa shape index (κ3) is 13.4. The van der Waals surface area contributed by atoms with Crippen LogP contribution in [0.25, 0.3) is 0 Å². The van der Waals surface area contributed by atoms with Crippen molar-refractivity contribution < 1.29 is 35.9 Å². The third-order valence-corrected chi connectivity index (χ3v) is 6.05. The topological polar surface area (TPSA) is 143 Å². The second-order valence-electron chi connectivity index (χ2n) is 7.63. The molecule has 0 radical (unpaired) electrons. The van der Waals surface area contributed by atoms with Crippen LogP contribution in [-0.4, -0.2) is 25.9 Å². The van der Waals surface area contributed by atoms with E-state index in [9.17, 15) is 25.9 Å². The molecule has 2 aromatic carbocycles.